The van der Waals surface area contributed by atoms with Crippen molar-refractivity contribution in [3.8, 4) is 11.3 Å². The molecule has 3 heterocycles. The van der Waals surface area contributed by atoms with Gasteiger partial charge in [-0.3, -0.25) is 9.20 Å². The Hall–Kier alpha value is -2.74. The summed E-state index contributed by atoms with van der Waals surface area (Å²) in [6.45, 7) is 9.34. The molecule has 1 aliphatic rings. The first-order valence-corrected chi connectivity index (χ1v) is 13.5. The molecule has 5 rings (SSSR count). The predicted octanol–water partition coefficient (Wildman–Crippen LogP) is 5.48. The number of hydrogen-bond acceptors (Lipinski definition) is 5. The molecule has 0 spiro atoms. The van der Waals surface area contributed by atoms with E-state index in [0.717, 1.165) is 85.0 Å². The van der Waals surface area contributed by atoms with Gasteiger partial charge >= 0.3 is 0 Å². The minimum atomic E-state index is -0.400. The van der Waals surface area contributed by atoms with Crippen molar-refractivity contribution in [3.05, 3.63) is 59.3 Å². The van der Waals surface area contributed by atoms with E-state index < -0.39 is 5.91 Å². The molecule has 0 aliphatic carbocycles. The third-order valence-electron chi connectivity index (χ3n) is 7.29. The molecule has 1 saturated heterocycles. The third-order valence-corrected chi connectivity index (χ3v) is 8.29. The molecule has 35 heavy (non-hydrogen) atoms. The number of hydrogen-bond donors (Lipinski definition) is 1. The Morgan fingerprint density at radius 2 is 1.89 bits per heavy atom. The number of imidazole rings is 1. The maximum atomic E-state index is 11.7. The molecule has 0 bridgehead atoms. The number of fused-ring (bicyclic) bond motifs is 3. The molecule has 2 aromatic heterocycles. The van der Waals surface area contributed by atoms with Gasteiger partial charge in [-0.1, -0.05) is 49.4 Å². The van der Waals surface area contributed by atoms with E-state index in [1.165, 1.54) is 11.3 Å². The summed E-state index contributed by atoms with van der Waals surface area (Å²) >= 11 is 1.62. The maximum Gasteiger partial charge on any atom is 0.248 e. The number of nitrogens with two attached hydrogens (primary N) is 1. The van der Waals surface area contributed by atoms with E-state index in [9.17, 15) is 4.79 Å². The molecular weight excluding hydrogens is 456 g/mol. The van der Waals surface area contributed by atoms with Crippen molar-refractivity contribution in [2.24, 2.45) is 5.73 Å². The molecule has 0 saturated carbocycles. The van der Waals surface area contributed by atoms with Gasteiger partial charge in [0.05, 0.1) is 21.6 Å². The van der Waals surface area contributed by atoms with Gasteiger partial charge in [-0.25, -0.2) is 4.98 Å². The van der Waals surface area contributed by atoms with Crippen LogP contribution < -0.4 is 5.73 Å². The Morgan fingerprint density at radius 3 is 2.57 bits per heavy atom. The number of thiazole rings is 1. The van der Waals surface area contributed by atoms with Crippen LogP contribution >= 0.6 is 11.3 Å². The topological polar surface area (TPSA) is 72.9 Å². The van der Waals surface area contributed by atoms with Crippen LogP contribution in [0.4, 0.5) is 0 Å². The largest absolute Gasteiger partial charge is 0.381 e. The third kappa shape index (κ3) is 4.85. The monoisotopic (exact) mass is 490 g/mol. The number of benzene rings is 2. The van der Waals surface area contributed by atoms with E-state index in [0.29, 0.717) is 11.5 Å². The van der Waals surface area contributed by atoms with Crippen molar-refractivity contribution >= 4 is 32.4 Å². The van der Waals surface area contributed by atoms with Crippen LogP contribution in [0.1, 0.15) is 60.6 Å². The van der Waals surface area contributed by atoms with Crippen LogP contribution in [-0.2, 0) is 11.2 Å². The van der Waals surface area contributed by atoms with Crippen molar-refractivity contribution in [1.29, 1.82) is 0 Å². The van der Waals surface area contributed by atoms with Gasteiger partial charge in [-0.2, -0.15) is 0 Å². The molecule has 2 aromatic carbocycles. The van der Waals surface area contributed by atoms with Gasteiger partial charge in [0.25, 0.3) is 0 Å². The van der Waals surface area contributed by atoms with Crippen LogP contribution in [0, 0.1) is 0 Å². The number of carbonyl (C=O) groups is 1. The first-order valence-electron chi connectivity index (χ1n) is 12.7. The molecule has 7 heteroatoms. The summed E-state index contributed by atoms with van der Waals surface area (Å²) in [6.07, 6.45) is 4.20. The van der Waals surface area contributed by atoms with Crippen LogP contribution in [0.2, 0.25) is 0 Å². The highest BCUT2D eigenvalue weighted by Gasteiger charge is 2.20. The Bertz CT molecular complexity index is 1310. The van der Waals surface area contributed by atoms with Gasteiger partial charge in [0.1, 0.15) is 0 Å². The predicted molar refractivity (Wildman–Crippen MR) is 143 cm³/mol. The fraction of sp³-hybridized carbons (Fsp3) is 0.429. The number of primary amides is 1. The van der Waals surface area contributed by atoms with Crippen LogP contribution in [0.15, 0.2) is 42.5 Å². The van der Waals surface area contributed by atoms with Crippen LogP contribution in [-0.4, -0.2) is 53.0 Å². The maximum absolute atomic E-state index is 11.7. The van der Waals surface area contributed by atoms with Crippen molar-refractivity contribution in [2.75, 3.05) is 32.8 Å². The second-order valence-electron chi connectivity index (χ2n) is 9.31. The molecule has 2 N–H and O–H groups in total. The Morgan fingerprint density at radius 1 is 1.14 bits per heavy atom. The van der Waals surface area contributed by atoms with Crippen LogP contribution in [0.25, 0.3) is 26.4 Å². The number of carbonyl (C=O) groups excluding carboxylic acids is 1. The lowest BCUT2D eigenvalue weighted by atomic mass is 9.91. The normalized spacial score (nSPS) is 14.9. The molecular formula is C28H34N4O2S. The lowest BCUT2D eigenvalue weighted by molar-refractivity contribution is 0.0853. The fourth-order valence-electron chi connectivity index (χ4n) is 5.20. The average Bonchev–Trinajstić information content (AvgIpc) is 3.43. The van der Waals surface area contributed by atoms with Crippen molar-refractivity contribution in [1.82, 2.24) is 14.3 Å². The van der Waals surface area contributed by atoms with E-state index >= 15 is 0 Å². The van der Waals surface area contributed by atoms with E-state index in [2.05, 4.69) is 47.4 Å². The molecule has 6 nitrogen and oxygen atoms in total. The summed E-state index contributed by atoms with van der Waals surface area (Å²) in [4.78, 5) is 20.2. The second-order valence-corrected chi connectivity index (χ2v) is 10.3. The first-order chi connectivity index (χ1) is 17.1. The Kier molecular flexibility index (Phi) is 7.18. The van der Waals surface area contributed by atoms with Gasteiger partial charge in [-0.05, 0) is 75.0 Å². The van der Waals surface area contributed by atoms with Crippen LogP contribution in [0.5, 0.6) is 0 Å². The minimum Gasteiger partial charge on any atom is -0.381 e. The summed E-state index contributed by atoms with van der Waals surface area (Å²) in [7, 11) is 0. The average molecular weight is 491 g/mol. The number of aryl methyl sites for hydroxylation is 1. The molecule has 1 aliphatic heterocycles. The van der Waals surface area contributed by atoms with Gasteiger partial charge in [0.15, 0.2) is 4.96 Å². The number of rotatable bonds is 9. The molecule has 4 aromatic rings. The number of aromatic nitrogens is 2. The number of nitrogens with zero attached hydrogens (tertiary/aromatic N) is 3. The van der Waals surface area contributed by atoms with Crippen LogP contribution in [0.3, 0.4) is 0 Å². The lowest BCUT2D eigenvalue weighted by Gasteiger charge is -2.22. The van der Waals surface area contributed by atoms with Crippen molar-refractivity contribution in [3.63, 3.8) is 0 Å². The smallest absolute Gasteiger partial charge is 0.248 e. The highest BCUT2D eigenvalue weighted by molar-refractivity contribution is 7.23. The zero-order valence-corrected chi connectivity index (χ0v) is 21.4. The van der Waals surface area contributed by atoms with E-state index in [-0.39, 0.29) is 0 Å². The highest BCUT2D eigenvalue weighted by Crippen LogP contribution is 2.35. The van der Waals surface area contributed by atoms with Gasteiger partial charge in [0.2, 0.25) is 5.91 Å². The summed E-state index contributed by atoms with van der Waals surface area (Å²) in [6, 6.07) is 14.7. The molecule has 1 fully saturated rings. The number of amides is 1. The second kappa shape index (κ2) is 10.5. The SMILES string of the molecule is CCN(CC)CCCc1c(-c2ccc(C3CCOCC3)cc2)nc2sc3cc(C(N)=O)ccc3n12. The standard InChI is InChI=1S/C28H34N4O2S/c1-3-31(4-2)15-5-6-24-26(21-9-7-19(8-10-21)20-13-16-34-17-14-20)30-28-32(24)23-12-11-22(27(29)33)18-25(23)35-28/h7-12,18,20H,3-6,13-17H2,1-2H3,(H2,29,33). The first kappa shape index (κ1) is 24.0. The summed E-state index contributed by atoms with van der Waals surface area (Å²) in [5.74, 6) is 0.183. The zero-order valence-electron chi connectivity index (χ0n) is 20.6. The summed E-state index contributed by atoms with van der Waals surface area (Å²) in [5.41, 5.74) is 12.0. The summed E-state index contributed by atoms with van der Waals surface area (Å²) < 4.78 is 8.86. The fourth-order valence-corrected chi connectivity index (χ4v) is 6.28. The molecule has 0 unspecified atom stereocenters. The molecule has 1 amide bonds. The van der Waals surface area contributed by atoms with E-state index in [1.54, 1.807) is 11.3 Å². The summed E-state index contributed by atoms with van der Waals surface area (Å²) in [5, 5.41) is 0. The van der Waals surface area contributed by atoms with Crippen molar-refractivity contribution in [2.45, 2.75) is 45.4 Å². The quantitative estimate of drug-likeness (QED) is 0.337. The Balaban J connectivity index is 1.53. The van der Waals surface area contributed by atoms with Gasteiger partial charge in [-0.15, -0.1) is 0 Å². The number of ether oxygens (including phenoxy) is 1. The van der Waals surface area contributed by atoms with E-state index in [1.807, 2.05) is 18.2 Å². The molecule has 184 valence electrons. The Labute approximate surface area is 210 Å². The minimum absolute atomic E-state index is 0.400. The molecule has 0 atom stereocenters. The van der Waals surface area contributed by atoms with Gasteiger partial charge < -0.3 is 15.4 Å². The zero-order chi connectivity index (χ0) is 24.4. The highest BCUT2D eigenvalue weighted by atomic mass is 32.1. The van der Waals surface area contributed by atoms with E-state index in [4.69, 9.17) is 15.5 Å². The van der Waals surface area contributed by atoms with Gasteiger partial charge in [0, 0.05) is 24.3 Å². The lowest BCUT2D eigenvalue weighted by Crippen LogP contribution is -2.24. The molecule has 0 radical (unpaired) electrons. The van der Waals surface area contributed by atoms with Crippen molar-refractivity contribution < 1.29 is 9.53 Å².